The Morgan fingerprint density at radius 3 is 2.92 bits per heavy atom. The third kappa shape index (κ3) is 5.42. The summed E-state index contributed by atoms with van der Waals surface area (Å²) in [4.78, 5) is 24.7. The van der Waals surface area contributed by atoms with E-state index in [1.165, 1.54) is 32.1 Å². The molecule has 1 aromatic heterocycles. The molecule has 144 valence electrons. The van der Waals surface area contributed by atoms with Crippen LogP contribution in [0.4, 0.5) is 5.82 Å². The molecular formula is C20H32N4O2. The summed E-state index contributed by atoms with van der Waals surface area (Å²) >= 11 is 0. The summed E-state index contributed by atoms with van der Waals surface area (Å²) in [5.74, 6) is 1.06. The van der Waals surface area contributed by atoms with Crippen LogP contribution in [0.25, 0.3) is 0 Å². The van der Waals surface area contributed by atoms with E-state index < -0.39 is 0 Å². The Hall–Kier alpha value is -1.66. The fourth-order valence-corrected chi connectivity index (χ4v) is 3.86. The zero-order valence-electron chi connectivity index (χ0n) is 16.0. The first-order valence-corrected chi connectivity index (χ1v) is 10.1. The number of carbonyl (C=O) groups is 1. The minimum Gasteiger partial charge on any atom is -0.356 e. The van der Waals surface area contributed by atoms with Crippen molar-refractivity contribution in [3.63, 3.8) is 0 Å². The second kappa shape index (κ2) is 9.88. The van der Waals surface area contributed by atoms with E-state index in [4.69, 9.17) is 4.84 Å². The maximum absolute atomic E-state index is 12.2. The van der Waals surface area contributed by atoms with Crippen molar-refractivity contribution >= 4 is 11.7 Å². The van der Waals surface area contributed by atoms with Crippen molar-refractivity contribution in [1.29, 1.82) is 0 Å². The highest BCUT2D eigenvalue weighted by Crippen LogP contribution is 2.26. The number of hydrogen-bond donors (Lipinski definition) is 1. The summed E-state index contributed by atoms with van der Waals surface area (Å²) < 4.78 is 0. The molecule has 0 unspecified atom stereocenters. The number of anilines is 1. The molecule has 0 spiro atoms. The lowest BCUT2D eigenvalue weighted by Crippen LogP contribution is -2.36. The van der Waals surface area contributed by atoms with Gasteiger partial charge in [-0.1, -0.05) is 25.3 Å². The van der Waals surface area contributed by atoms with Gasteiger partial charge in [-0.15, -0.1) is 0 Å². The predicted molar refractivity (Wildman–Crippen MR) is 103 cm³/mol. The van der Waals surface area contributed by atoms with Crippen LogP contribution in [0.1, 0.15) is 56.9 Å². The number of rotatable bonds is 7. The van der Waals surface area contributed by atoms with Crippen molar-refractivity contribution in [2.75, 3.05) is 31.6 Å². The van der Waals surface area contributed by atoms with Crippen molar-refractivity contribution in [1.82, 2.24) is 15.4 Å². The quantitative estimate of drug-likeness (QED) is 0.810. The fraction of sp³-hybridized carbons (Fsp3) is 0.700. The molecule has 0 radical (unpaired) electrons. The summed E-state index contributed by atoms with van der Waals surface area (Å²) in [5.41, 5.74) is 1.09. The van der Waals surface area contributed by atoms with Crippen LogP contribution in [0, 0.1) is 0 Å². The Bertz CT molecular complexity index is 569. The van der Waals surface area contributed by atoms with E-state index in [1.54, 1.807) is 0 Å². The highest BCUT2D eigenvalue weighted by Gasteiger charge is 2.21. The van der Waals surface area contributed by atoms with E-state index in [0.29, 0.717) is 25.6 Å². The van der Waals surface area contributed by atoms with E-state index in [9.17, 15) is 4.79 Å². The second-order valence-electron chi connectivity index (χ2n) is 7.38. The highest BCUT2D eigenvalue weighted by molar-refractivity contribution is 5.76. The molecule has 2 heterocycles. The Morgan fingerprint density at radius 1 is 1.31 bits per heavy atom. The van der Waals surface area contributed by atoms with Gasteiger partial charge in [0.2, 0.25) is 5.91 Å². The average Bonchev–Trinajstić information content (AvgIpc) is 2.72. The van der Waals surface area contributed by atoms with E-state index >= 15 is 0 Å². The van der Waals surface area contributed by atoms with Gasteiger partial charge in [-0.25, -0.2) is 4.98 Å². The minimum absolute atomic E-state index is 0.0642. The van der Waals surface area contributed by atoms with Crippen molar-refractivity contribution in [2.24, 2.45) is 0 Å². The third-order valence-corrected chi connectivity index (χ3v) is 5.46. The van der Waals surface area contributed by atoms with Gasteiger partial charge in [-0.2, -0.15) is 5.06 Å². The monoisotopic (exact) mass is 360 g/mol. The van der Waals surface area contributed by atoms with Gasteiger partial charge in [0.15, 0.2) is 0 Å². The molecule has 6 heteroatoms. The van der Waals surface area contributed by atoms with E-state index in [0.717, 1.165) is 37.4 Å². The van der Waals surface area contributed by atoms with Crippen LogP contribution in [-0.4, -0.2) is 48.7 Å². The molecule has 1 aliphatic heterocycles. The standard InChI is InChI=1S/C20H32N4O2/c1-23(18-9-3-2-4-10-18)20-17(8-7-12-21-20)16-22-19(25)11-14-24-13-5-6-15-26-24/h7-8,12,18H,2-6,9-11,13-16H2,1H3,(H,22,25). The highest BCUT2D eigenvalue weighted by atomic mass is 16.7. The second-order valence-corrected chi connectivity index (χ2v) is 7.38. The minimum atomic E-state index is 0.0642. The topological polar surface area (TPSA) is 57.7 Å². The van der Waals surface area contributed by atoms with Gasteiger partial charge in [-0.05, 0) is 31.7 Å². The van der Waals surface area contributed by atoms with Crippen molar-refractivity contribution in [3.8, 4) is 0 Å². The summed E-state index contributed by atoms with van der Waals surface area (Å²) in [5, 5.41) is 4.96. The molecule has 0 aromatic carbocycles. The molecule has 1 N–H and O–H groups in total. The summed E-state index contributed by atoms with van der Waals surface area (Å²) in [7, 11) is 2.14. The number of hydrogen-bond acceptors (Lipinski definition) is 5. The van der Waals surface area contributed by atoms with Crippen LogP contribution in [0.5, 0.6) is 0 Å². The fourth-order valence-electron chi connectivity index (χ4n) is 3.86. The average molecular weight is 361 g/mol. The number of carbonyl (C=O) groups excluding carboxylic acids is 1. The maximum Gasteiger partial charge on any atom is 0.221 e. The van der Waals surface area contributed by atoms with Crippen molar-refractivity contribution in [2.45, 2.75) is 64.0 Å². The van der Waals surface area contributed by atoms with Crippen molar-refractivity contribution < 1.29 is 9.63 Å². The van der Waals surface area contributed by atoms with Crippen LogP contribution in [0.2, 0.25) is 0 Å². The van der Waals surface area contributed by atoms with Gasteiger partial charge in [0.25, 0.3) is 0 Å². The first kappa shape index (κ1) is 19.1. The Morgan fingerprint density at radius 2 is 2.15 bits per heavy atom. The molecule has 26 heavy (non-hydrogen) atoms. The Kier molecular flexibility index (Phi) is 7.26. The molecule has 0 bridgehead atoms. The van der Waals surface area contributed by atoms with Crippen LogP contribution in [-0.2, 0) is 16.2 Å². The smallest absolute Gasteiger partial charge is 0.221 e. The van der Waals surface area contributed by atoms with Crippen molar-refractivity contribution in [3.05, 3.63) is 23.9 Å². The molecule has 1 saturated heterocycles. The predicted octanol–water partition coefficient (Wildman–Crippen LogP) is 2.88. The van der Waals surface area contributed by atoms with Crippen LogP contribution < -0.4 is 10.2 Å². The summed E-state index contributed by atoms with van der Waals surface area (Å²) in [6, 6.07) is 4.57. The van der Waals surface area contributed by atoms with Gasteiger partial charge in [0.1, 0.15) is 5.82 Å². The lowest BCUT2D eigenvalue weighted by molar-refractivity contribution is -0.181. The van der Waals surface area contributed by atoms with Crippen LogP contribution in [0.3, 0.4) is 0 Å². The van der Waals surface area contributed by atoms with Crippen LogP contribution >= 0.6 is 0 Å². The zero-order chi connectivity index (χ0) is 18.2. The lowest BCUT2D eigenvalue weighted by Gasteiger charge is -2.33. The third-order valence-electron chi connectivity index (χ3n) is 5.46. The van der Waals surface area contributed by atoms with Gasteiger partial charge in [0, 0.05) is 50.9 Å². The molecule has 1 saturated carbocycles. The first-order chi connectivity index (χ1) is 12.7. The molecule has 2 fully saturated rings. The SMILES string of the molecule is CN(c1ncccc1CNC(=O)CCN1CCCCO1)C1CCCCC1. The molecule has 6 nitrogen and oxygen atoms in total. The first-order valence-electron chi connectivity index (χ1n) is 10.1. The summed E-state index contributed by atoms with van der Waals surface area (Å²) in [6.07, 6.45) is 11.0. The number of pyridine rings is 1. The number of nitrogens with one attached hydrogen (secondary N) is 1. The maximum atomic E-state index is 12.2. The molecule has 2 aliphatic rings. The van der Waals surface area contributed by atoms with Gasteiger partial charge < -0.3 is 10.2 Å². The molecule has 1 aromatic rings. The van der Waals surface area contributed by atoms with E-state index in [1.807, 2.05) is 17.3 Å². The molecule has 1 aliphatic carbocycles. The number of aromatic nitrogens is 1. The number of amides is 1. The van der Waals surface area contributed by atoms with Gasteiger partial charge in [-0.3, -0.25) is 9.63 Å². The van der Waals surface area contributed by atoms with E-state index in [-0.39, 0.29) is 5.91 Å². The Balaban J connectivity index is 1.50. The molecule has 1 amide bonds. The normalized spacial score (nSPS) is 19.3. The number of hydroxylamine groups is 2. The van der Waals surface area contributed by atoms with E-state index in [2.05, 4.69) is 28.3 Å². The largest absolute Gasteiger partial charge is 0.356 e. The zero-order valence-corrected chi connectivity index (χ0v) is 16.0. The number of nitrogens with zero attached hydrogens (tertiary/aromatic N) is 3. The lowest BCUT2D eigenvalue weighted by atomic mass is 9.94. The van der Waals surface area contributed by atoms with Gasteiger partial charge >= 0.3 is 0 Å². The van der Waals surface area contributed by atoms with Gasteiger partial charge in [0.05, 0.1) is 6.61 Å². The molecular weight excluding hydrogens is 328 g/mol. The Labute approximate surface area is 156 Å². The molecule has 0 atom stereocenters. The summed E-state index contributed by atoms with van der Waals surface area (Å²) in [6.45, 7) is 2.88. The van der Waals surface area contributed by atoms with Crippen LogP contribution in [0.15, 0.2) is 18.3 Å². The molecule has 3 rings (SSSR count).